The third kappa shape index (κ3) is 4.02. The van der Waals surface area contributed by atoms with Crippen LogP contribution in [-0.2, 0) is 10.1 Å². The van der Waals surface area contributed by atoms with Crippen molar-refractivity contribution in [2.45, 2.75) is 11.8 Å². The number of carbonyl (C=O) groups is 1. The molecular formula is C14H10IO5S-. The molecule has 2 aromatic rings. The maximum Gasteiger partial charge on any atom is 0.343 e. The van der Waals surface area contributed by atoms with Crippen LogP contribution >= 0.6 is 22.6 Å². The molecule has 0 heterocycles. The Labute approximate surface area is 135 Å². The van der Waals surface area contributed by atoms with E-state index < -0.39 is 16.1 Å². The minimum Gasteiger partial charge on any atom is -0.744 e. The molecule has 0 N–H and O–H groups in total. The molecule has 0 fully saturated rings. The summed E-state index contributed by atoms with van der Waals surface area (Å²) >= 11 is 1.80. The Kier molecular flexibility index (Phi) is 4.64. The van der Waals surface area contributed by atoms with Gasteiger partial charge in [-0.05, 0) is 59.8 Å². The van der Waals surface area contributed by atoms with Crippen LogP contribution in [0.4, 0.5) is 0 Å². The number of ether oxygens (including phenoxy) is 1. The highest BCUT2D eigenvalue weighted by Gasteiger charge is 2.12. The van der Waals surface area contributed by atoms with Gasteiger partial charge in [-0.1, -0.05) is 17.7 Å². The average Bonchev–Trinajstić information content (AvgIpc) is 2.40. The highest BCUT2D eigenvalue weighted by molar-refractivity contribution is 14.1. The van der Waals surface area contributed by atoms with Crippen molar-refractivity contribution in [1.29, 1.82) is 0 Å². The van der Waals surface area contributed by atoms with Crippen molar-refractivity contribution in [2.75, 3.05) is 0 Å². The fraction of sp³-hybridized carbons (Fsp3) is 0.0714. The summed E-state index contributed by atoms with van der Waals surface area (Å²) in [5.74, 6) is -0.348. The second-order valence-electron chi connectivity index (χ2n) is 4.30. The number of benzene rings is 2. The number of esters is 1. The summed E-state index contributed by atoms with van der Waals surface area (Å²) in [6.07, 6.45) is 0. The van der Waals surface area contributed by atoms with Gasteiger partial charge in [0.15, 0.2) is 0 Å². The summed E-state index contributed by atoms with van der Waals surface area (Å²) in [5.41, 5.74) is 1.41. The quantitative estimate of drug-likeness (QED) is 0.332. The zero-order valence-electron chi connectivity index (χ0n) is 10.9. The van der Waals surface area contributed by atoms with Crippen LogP contribution in [-0.4, -0.2) is 18.9 Å². The molecule has 0 aliphatic rings. The minimum absolute atomic E-state index is 0.202. The van der Waals surface area contributed by atoms with E-state index in [4.69, 9.17) is 4.74 Å². The van der Waals surface area contributed by atoms with Gasteiger partial charge < -0.3 is 9.29 Å². The van der Waals surface area contributed by atoms with Gasteiger partial charge in [-0.2, -0.15) is 0 Å². The maximum atomic E-state index is 12.0. The van der Waals surface area contributed by atoms with Crippen molar-refractivity contribution in [1.82, 2.24) is 0 Å². The SMILES string of the molecule is Cc1ccc(C(=O)Oc2ccc(S(=O)(=O)[O-])cc2I)cc1. The number of carbonyl (C=O) groups excluding carboxylic acids is 1. The van der Waals surface area contributed by atoms with Crippen molar-refractivity contribution >= 4 is 38.7 Å². The minimum atomic E-state index is -4.52. The van der Waals surface area contributed by atoms with Crippen molar-refractivity contribution in [2.24, 2.45) is 0 Å². The first-order chi connectivity index (χ1) is 9.77. The van der Waals surface area contributed by atoms with Crippen molar-refractivity contribution < 1.29 is 22.5 Å². The van der Waals surface area contributed by atoms with E-state index in [1.54, 1.807) is 46.9 Å². The molecule has 0 amide bonds. The van der Waals surface area contributed by atoms with E-state index in [2.05, 4.69) is 0 Å². The van der Waals surface area contributed by atoms with Gasteiger partial charge in [0, 0.05) is 0 Å². The highest BCUT2D eigenvalue weighted by Crippen LogP contribution is 2.25. The van der Waals surface area contributed by atoms with Crippen LogP contribution in [0.5, 0.6) is 5.75 Å². The zero-order valence-corrected chi connectivity index (χ0v) is 13.8. The van der Waals surface area contributed by atoms with E-state index in [0.29, 0.717) is 9.13 Å². The van der Waals surface area contributed by atoms with E-state index in [9.17, 15) is 17.8 Å². The Balaban J connectivity index is 2.24. The predicted molar refractivity (Wildman–Crippen MR) is 83.3 cm³/mol. The van der Waals surface area contributed by atoms with Crippen LogP contribution in [0.2, 0.25) is 0 Å². The van der Waals surface area contributed by atoms with Crippen molar-refractivity contribution in [3.05, 3.63) is 57.2 Å². The maximum absolute atomic E-state index is 12.0. The van der Waals surface area contributed by atoms with Crippen molar-refractivity contribution in [3.63, 3.8) is 0 Å². The second kappa shape index (κ2) is 6.12. The number of rotatable bonds is 3. The predicted octanol–water partition coefficient (Wildman–Crippen LogP) is 2.72. The van der Waals surface area contributed by atoms with Crippen LogP contribution < -0.4 is 4.74 Å². The topological polar surface area (TPSA) is 83.5 Å². The lowest BCUT2D eigenvalue weighted by atomic mass is 10.1. The van der Waals surface area contributed by atoms with Gasteiger partial charge in [0.2, 0.25) is 0 Å². The van der Waals surface area contributed by atoms with E-state index in [1.807, 2.05) is 6.92 Å². The third-order valence-corrected chi connectivity index (χ3v) is 4.36. The van der Waals surface area contributed by atoms with Gasteiger partial charge in [0.05, 0.1) is 14.0 Å². The zero-order chi connectivity index (χ0) is 15.6. The van der Waals surface area contributed by atoms with Crippen LogP contribution in [0.1, 0.15) is 15.9 Å². The molecule has 7 heteroatoms. The van der Waals surface area contributed by atoms with Gasteiger partial charge >= 0.3 is 5.97 Å². The molecule has 5 nitrogen and oxygen atoms in total. The lowest BCUT2D eigenvalue weighted by Crippen LogP contribution is -2.09. The molecule has 110 valence electrons. The average molecular weight is 417 g/mol. The summed E-state index contributed by atoms with van der Waals surface area (Å²) < 4.78 is 38.3. The highest BCUT2D eigenvalue weighted by atomic mass is 127. The molecule has 0 bridgehead atoms. The van der Waals surface area contributed by atoms with Gasteiger partial charge in [-0.25, -0.2) is 13.2 Å². The first-order valence-electron chi connectivity index (χ1n) is 5.81. The Hall–Kier alpha value is -1.45. The standard InChI is InChI=1S/C14H11IO5S/c1-9-2-4-10(5-3-9)14(16)20-13-7-6-11(8-12(13)15)21(17,18)19/h2-8H,1H3,(H,17,18,19)/p-1. The molecule has 0 saturated carbocycles. The van der Waals surface area contributed by atoms with Crippen LogP contribution in [0.3, 0.4) is 0 Å². The first kappa shape index (κ1) is 15.9. The number of hydrogen-bond donors (Lipinski definition) is 0. The first-order valence-corrected chi connectivity index (χ1v) is 8.30. The largest absolute Gasteiger partial charge is 0.744 e. The van der Waals surface area contributed by atoms with E-state index in [-0.39, 0.29) is 10.6 Å². The lowest BCUT2D eigenvalue weighted by molar-refractivity contribution is 0.0733. The molecule has 0 unspecified atom stereocenters. The molecule has 0 saturated heterocycles. The second-order valence-corrected chi connectivity index (χ2v) is 6.84. The molecule has 0 aliphatic carbocycles. The number of halogens is 1. The normalized spacial score (nSPS) is 11.2. The summed E-state index contributed by atoms with van der Waals surface area (Å²) in [6.45, 7) is 1.90. The Morgan fingerprint density at radius 1 is 1.14 bits per heavy atom. The summed E-state index contributed by atoms with van der Waals surface area (Å²) in [5, 5.41) is 0. The van der Waals surface area contributed by atoms with Crippen LogP contribution in [0.15, 0.2) is 47.4 Å². The molecule has 0 aromatic heterocycles. The molecular weight excluding hydrogens is 407 g/mol. The summed E-state index contributed by atoms with van der Waals surface area (Å²) in [6, 6.07) is 10.4. The van der Waals surface area contributed by atoms with Crippen LogP contribution in [0, 0.1) is 10.5 Å². The Morgan fingerprint density at radius 3 is 2.29 bits per heavy atom. The third-order valence-electron chi connectivity index (χ3n) is 2.68. The molecule has 2 rings (SSSR count). The van der Waals surface area contributed by atoms with Gasteiger partial charge in [0.25, 0.3) is 0 Å². The summed E-state index contributed by atoms with van der Waals surface area (Å²) in [4.78, 5) is 11.6. The van der Waals surface area contributed by atoms with Gasteiger partial charge in [0.1, 0.15) is 15.9 Å². The lowest BCUT2D eigenvalue weighted by Gasteiger charge is -2.10. The molecule has 0 atom stereocenters. The number of hydrogen-bond acceptors (Lipinski definition) is 5. The molecule has 0 spiro atoms. The summed E-state index contributed by atoms with van der Waals surface area (Å²) in [7, 11) is -4.52. The van der Waals surface area contributed by atoms with Crippen LogP contribution in [0.25, 0.3) is 0 Å². The molecule has 0 radical (unpaired) electrons. The molecule has 2 aromatic carbocycles. The molecule has 21 heavy (non-hydrogen) atoms. The van der Waals surface area contributed by atoms with Gasteiger partial charge in [-0.15, -0.1) is 0 Å². The smallest absolute Gasteiger partial charge is 0.343 e. The number of aryl methyl sites for hydroxylation is 1. The monoisotopic (exact) mass is 417 g/mol. The fourth-order valence-corrected chi connectivity index (χ4v) is 2.90. The van der Waals surface area contributed by atoms with E-state index >= 15 is 0 Å². The van der Waals surface area contributed by atoms with E-state index in [1.165, 1.54) is 12.1 Å². The fourth-order valence-electron chi connectivity index (χ4n) is 1.57. The Bertz CT molecular complexity index is 782. The molecule has 0 aliphatic heterocycles. The van der Waals surface area contributed by atoms with E-state index in [0.717, 1.165) is 11.6 Å². The Morgan fingerprint density at radius 2 is 1.76 bits per heavy atom. The van der Waals surface area contributed by atoms with Gasteiger partial charge in [-0.3, -0.25) is 0 Å². The van der Waals surface area contributed by atoms with Crippen molar-refractivity contribution in [3.8, 4) is 5.75 Å².